The van der Waals surface area contributed by atoms with E-state index in [0.29, 0.717) is 5.71 Å². The highest BCUT2D eigenvalue weighted by atomic mass is 32.1. The molecule has 1 aromatic heterocycles. The number of nitrogens with one attached hydrogen (secondary N) is 1. The Morgan fingerprint density at radius 3 is 2.18 bits per heavy atom. The van der Waals surface area contributed by atoms with Crippen molar-refractivity contribution in [3.63, 3.8) is 0 Å². The lowest BCUT2D eigenvalue weighted by Gasteiger charge is -2.30. The van der Waals surface area contributed by atoms with E-state index in [-0.39, 0.29) is 0 Å². The lowest BCUT2D eigenvalue weighted by molar-refractivity contribution is 1.35. The average molecular weight is 580 g/mol. The Labute approximate surface area is 258 Å². The molecule has 0 amide bonds. The van der Waals surface area contributed by atoms with Crippen LogP contribution in [0.15, 0.2) is 145 Å². The molecule has 0 saturated carbocycles. The quantitative estimate of drug-likeness (QED) is 0.163. The SMILES string of the molecule is N=C(c1ccccc1N=CN1c2cc3ccccc3cc2-c2cccc3cccc1c23)c1cccc2c1sc1ccccc12. The van der Waals surface area contributed by atoms with Crippen LogP contribution in [0.25, 0.3) is 52.8 Å². The second-order valence-electron chi connectivity index (χ2n) is 11.2. The third-order valence-corrected chi connectivity index (χ3v) is 9.94. The number of para-hydroxylation sites is 1. The van der Waals surface area contributed by atoms with Gasteiger partial charge in [0.15, 0.2) is 0 Å². The van der Waals surface area contributed by atoms with Gasteiger partial charge in [-0.15, -0.1) is 11.3 Å². The first-order valence-electron chi connectivity index (χ1n) is 14.7. The summed E-state index contributed by atoms with van der Waals surface area (Å²) in [4.78, 5) is 7.31. The Morgan fingerprint density at radius 2 is 1.27 bits per heavy atom. The van der Waals surface area contributed by atoms with Crippen LogP contribution in [0.3, 0.4) is 0 Å². The molecule has 0 radical (unpaired) electrons. The fourth-order valence-electron chi connectivity index (χ4n) is 6.65. The molecule has 0 bridgehead atoms. The number of thiophene rings is 1. The predicted molar refractivity (Wildman–Crippen MR) is 189 cm³/mol. The minimum Gasteiger partial charge on any atom is -0.300 e. The van der Waals surface area contributed by atoms with Gasteiger partial charge in [-0.2, -0.15) is 0 Å². The van der Waals surface area contributed by atoms with E-state index < -0.39 is 0 Å². The highest BCUT2D eigenvalue weighted by molar-refractivity contribution is 7.26. The first-order valence-corrected chi connectivity index (χ1v) is 15.5. The molecule has 4 heteroatoms. The molecule has 44 heavy (non-hydrogen) atoms. The number of anilines is 2. The van der Waals surface area contributed by atoms with Crippen LogP contribution in [0.5, 0.6) is 0 Å². The van der Waals surface area contributed by atoms with E-state index in [9.17, 15) is 5.41 Å². The zero-order valence-corrected chi connectivity index (χ0v) is 24.5. The van der Waals surface area contributed by atoms with Crippen molar-refractivity contribution in [1.29, 1.82) is 5.41 Å². The minimum atomic E-state index is 0.479. The summed E-state index contributed by atoms with van der Waals surface area (Å²) in [5, 5.41) is 16.7. The maximum atomic E-state index is 9.41. The molecule has 1 aliphatic heterocycles. The molecule has 0 saturated heterocycles. The van der Waals surface area contributed by atoms with Crippen LogP contribution >= 0.6 is 11.3 Å². The Balaban J connectivity index is 1.20. The summed E-state index contributed by atoms with van der Waals surface area (Å²) in [6.45, 7) is 0. The third kappa shape index (κ3) is 3.75. The van der Waals surface area contributed by atoms with Gasteiger partial charge in [0.1, 0.15) is 6.34 Å². The van der Waals surface area contributed by atoms with E-state index >= 15 is 0 Å². The predicted octanol–water partition coefficient (Wildman–Crippen LogP) is 11.3. The number of fused-ring (bicyclic) bond motifs is 6. The minimum absolute atomic E-state index is 0.479. The van der Waals surface area contributed by atoms with Crippen LogP contribution < -0.4 is 4.90 Å². The van der Waals surface area contributed by atoms with Crippen LogP contribution in [-0.2, 0) is 0 Å². The van der Waals surface area contributed by atoms with Crippen molar-refractivity contribution in [1.82, 2.24) is 0 Å². The molecular formula is C40H25N3S. The highest BCUT2D eigenvalue weighted by Crippen LogP contribution is 2.48. The smallest absolute Gasteiger partial charge is 0.100 e. The maximum Gasteiger partial charge on any atom is 0.100 e. The second kappa shape index (κ2) is 9.73. The Hall–Kier alpha value is -5.58. The Bertz CT molecular complexity index is 2480. The van der Waals surface area contributed by atoms with Crippen molar-refractivity contribution >= 4 is 82.2 Å². The lowest BCUT2D eigenvalue weighted by Crippen LogP contribution is -2.18. The lowest BCUT2D eigenvalue weighted by atomic mass is 9.90. The first kappa shape index (κ1) is 25.0. The van der Waals surface area contributed by atoms with Gasteiger partial charge in [-0.3, -0.25) is 10.3 Å². The van der Waals surface area contributed by atoms with Gasteiger partial charge in [-0.25, -0.2) is 4.99 Å². The van der Waals surface area contributed by atoms with E-state index in [0.717, 1.165) is 32.9 Å². The summed E-state index contributed by atoms with van der Waals surface area (Å²) in [6.07, 6.45) is 1.93. The van der Waals surface area contributed by atoms with Gasteiger partial charge in [0.2, 0.25) is 0 Å². The molecule has 2 heterocycles. The summed E-state index contributed by atoms with van der Waals surface area (Å²) < 4.78 is 2.37. The van der Waals surface area contributed by atoms with Crippen LogP contribution in [0.2, 0.25) is 0 Å². The number of aliphatic imine (C=N–C) groups is 1. The summed E-state index contributed by atoms with van der Waals surface area (Å²) in [5.41, 5.74) is 7.62. The van der Waals surface area contributed by atoms with Gasteiger partial charge in [0.25, 0.3) is 0 Å². The molecule has 0 spiro atoms. The third-order valence-electron chi connectivity index (χ3n) is 8.72. The standard InChI is InChI=1S/C40H25N3S/c41-39(32-18-9-17-30-28-14-4-6-21-37(28)44-40(30)32)31-15-3-5-19-34(31)42-24-43-35-20-8-13-25-12-7-16-29(38(25)35)33-22-26-10-1-2-11-27(26)23-36(33)43/h1-24,41H. The Kier molecular flexibility index (Phi) is 5.52. The molecule has 7 aromatic carbocycles. The van der Waals surface area contributed by atoms with Gasteiger partial charge in [0, 0.05) is 42.2 Å². The number of nitrogens with zero attached hydrogens (tertiary/aromatic N) is 2. The van der Waals surface area contributed by atoms with Crippen LogP contribution in [0.1, 0.15) is 11.1 Å². The van der Waals surface area contributed by atoms with Crippen molar-refractivity contribution in [2.75, 3.05) is 4.90 Å². The van der Waals surface area contributed by atoms with Crippen molar-refractivity contribution in [3.05, 3.63) is 151 Å². The van der Waals surface area contributed by atoms with Crippen LogP contribution in [-0.4, -0.2) is 12.1 Å². The maximum absolute atomic E-state index is 9.41. The average Bonchev–Trinajstić information content (AvgIpc) is 3.46. The molecule has 1 N–H and O–H groups in total. The molecule has 9 rings (SSSR count). The highest BCUT2D eigenvalue weighted by Gasteiger charge is 2.24. The van der Waals surface area contributed by atoms with Crippen LogP contribution in [0, 0.1) is 5.41 Å². The van der Waals surface area contributed by atoms with Gasteiger partial charge in [-0.1, -0.05) is 109 Å². The summed E-state index contributed by atoms with van der Waals surface area (Å²) in [5.74, 6) is 0. The Morgan fingerprint density at radius 1 is 0.591 bits per heavy atom. The number of rotatable bonds is 4. The van der Waals surface area contributed by atoms with Crippen molar-refractivity contribution in [2.24, 2.45) is 4.99 Å². The van der Waals surface area contributed by atoms with E-state index in [1.807, 2.05) is 30.6 Å². The molecule has 0 atom stereocenters. The fraction of sp³-hybridized carbons (Fsp3) is 0. The van der Waals surface area contributed by atoms with Gasteiger partial charge >= 0.3 is 0 Å². The van der Waals surface area contributed by atoms with Crippen molar-refractivity contribution in [3.8, 4) is 11.1 Å². The topological polar surface area (TPSA) is 39.5 Å². The second-order valence-corrected chi connectivity index (χ2v) is 12.2. The molecule has 3 nitrogen and oxygen atoms in total. The number of benzene rings is 7. The van der Waals surface area contributed by atoms with Gasteiger partial charge < -0.3 is 0 Å². The van der Waals surface area contributed by atoms with E-state index in [4.69, 9.17) is 4.99 Å². The van der Waals surface area contributed by atoms with E-state index in [2.05, 4.69) is 120 Å². The largest absolute Gasteiger partial charge is 0.300 e. The zero-order chi connectivity index (χ0) is 29.2. The molecule has 1 aliphatic rings. The molecule has 0 aliphatic carbocycles. The number of hydrogen-bond acceptors (Lipinski definition) is 3. The van der Waals surface area contributed by atoms with Gasteiger partial charge in [0.05, 0.1) is 22.8 Å². The zero-order valence-electron chi connectivity index (χ0n) is 23.7. The van der Waals surface area contributed by atoms with E-state index in [1.54, 1.807) is 11.3 Å². The summed E-state index contributed by atoms with van der Waals surface area (Å²) in [6, 6.07) is 48.8. The van der Waals surface area contributed by atoms with Crippen molar-refractivity contribution in [2.45, 2.75) is 0 Å². The van der Waals surface area contributed by atoms with Gasteiger partial charge in [-0.05, 0) is 52.1 Å². The molecular weight excluding hydrogens is 555 g/mol. The summed E-state index contributed by atoms with van der Waals surface area (Å²) in [7, 11) is 0. The molecule has 206 valence electrons. The van der Waals surface area contributed by atoms with Crippen molar-refractivity contribution < 1.29 is 0 Å². The summed E-state index contributed by atoms with van der Waals surface area (Å²) >= 11 is 1.75. The molecule has 0 fully saturated rings. The monoisotopic (exact) mass is 579 g/mol. The van der Waals surface area contributed by atoms with E-state index in [1.165, 1.54) is 48.1 Å². The van der Waals surface area contributed by atoms with Crippen LogP contribution in [0.4, 0.5) is 17.1 Å². The number of hydrogen-bond donors (Lipinski definition) is 1. The molecule has 0 unspecified atom stereocenters. The normalized spacial score (nSPS) is 12.5. The molecule has 8 aromatic rings. The first-order chi connectivity index (χ1) is 21.7. The fourth-order valence-corrected chi connectivity index (χ4v) is 7.87.